The molecule has 7 amide bonds. The first-order valence-electron chi connectivity index (χ1n) is 23.6. The number of hydrogen-bond donors (Lipinski definition) is 13. The number of aliphatic hydroxyl groups is 3. The molecule has 0 spiro atoms. The second-order valence-corrected chi connectivity index (χ2v) is 18.2. The van der Waals surface area contributed by atoms with Crippen LogP contribution in [0.25, 0.3) is 10.9 Å². The third-order valence-electron chi connectivity index (χ3n) is 12.0. The van der Waals surface area contributed by atoms with Crippen molar-refractivity contribution in [1.82, 2.24) is 41.8 Å². The third-order valence-corrected chi connectivity index (χ3v) is 12.0. The maximum Gasteiger partial charge on any atom is 0.326 e. The summed E-state index contributed by atoms with van der Waals surface area (Å²) in [6.07, 6.45) is 0.384. The number of carboxylic acid groups (broad SMARTS) is 1. The lowest BCUT2D eigenvalue weighted by atomic mass is 10.0. The molecule has 0 unspecified atom stereocenters. The number of nitrogens with one attached hydrogen (secondary N) is 7. The molecule has 10 atom stereocenters. The molecule has 1 aromatic heterocycles. The Morgan fingerprint density at radius 2 is 1.29 bits per heavy atom. The molecule has 4 rings (SSSR count). The first-order valence-corrected chi connectivity index (χ1v) is 23.6. The molecule has 2 heterocycles. The zero-order chi connectivity index (χ0) is 51.7. The van der Waals surface area contributed by atoms with Gasteiger partial charge in [-0.3, -0.25) is 33.6 Å². The van der Waals surface area contributed by atoms with Crippen LogP contribution in [0.1, 0.15) is 77.3 Å². The Morgan fingerprint density at radius 1 is 0.714 bits per heavy atom. The van der Waals surface area contributed by atoms with Gasteiger partial charge in [0, 0.05) is 36.5 Å². The lowest BCUT2D eigenvalue weighted by Crippen LogP contribution is -2.63. The van der Waals surface area contributed by atoms with Crippen molar-refractivity contribution in [3.8, 4) is 0 Å². The van der Waals surface area contributed by atoms with E-state index in [1.807, 2.05) is 18.2 Å². The van der Waals surface area contributed by atoms with Crippen molar-refractivity contribution in [2.24, 2.45) is 17.4 Å². The van der Waals surface area contributed by atoms with Crippen molar-refractivity contribution < 1.29 is 58.8 Å². The molecule has 1 aliphatic rings. The normalized spacial score (nSPS) is 17.5. The minimum absolute atomic E-state index is 0.0477. The van der Waals surface area contributed by atoms with Gasteiger partial charge in [-0.1, -0.05) is 68.8 Å². The number of hydrogen-bond acceptors (Lipinski definition) is 13. The first kappa shape index (κ1) is 56.1. The average Bonchev–Trinajstić information content (AvgIpc) is 3.98. The number of likely N-dealkylation sites (tertiary alicyclic amines) is 1. The summed E-state index contributed by atoms with van der Waals surface area (Å²) in [6, 6.07) is 4.60. The van der Waals surface area contributed by atoms with E-state index in [1.165, 1.54) is 18.7 Å². The van der Waals surface area contributed by atoms with Gasteiger partial charge in [-0.25, -0.2) is 4.79 Å². The van der Waals surface area contributed by atoms with E-state index < -0.39 is 114 Å². The molecule has 1 aliphatic heterocycles. The Kier molecular flexibility index (Phi) is 21.7. The maximum absolute atomic E-state index is 14.6. The van der Waals surface area contributed by atoms with Crippen LogP contribution < -0.4 is 43.4 Å². The monoisotopic (exact) mass is 979 g/mol. The van der Waals surface area contributed by atoms with Crippen LogP contribution in [0.2, 0.25) is 0 Å². The van der Waals surface area contributed by atoms with Crippen molar-refractivity contribution in [3.05, 3.63) is 71.9 Å². The average molecular weight is 979 g/mol. The highest BCUT2D eigenvalue weighted by Gasteiger charge is 2.40. The Morgan fingerprint density at radius 3 is 1.90 bits per heavy atom. The molecule has 0 saturated carbocycles. The van der Waals surface area contributed by atoms with E-state index in [0.717, 1.165) is 10.9 Å². The molecule has 1 fully saturated rings. The van der Waals surface area contributed by atoms with Crippen LogP contribution in [-0.2, 0) is 51.2 Å². The predicted octanol–water partition coefficient (Wildman–Crippen LogP) is -1.81. The van der Waals surface area contributed by atoms with E-state index in [1.54, 1.807) is 56.4 Å². The summed E-state index contributed by atoms with van der Waals surface area (Å²) in [7, 11) is 0. The number of carboxylic acids is 1. The molecule has 22 nitrogen and oxygen atoms in total. The Bertz CT molecular complexity index is 2260. The Labute approximate surface area is 406 Å². The lowest BCUT2D eigenvalue weighted by Gasteiger charge is -2.30. The fraction of sp³-hybridized carbons (Fsp3) is 0.542. The van der Waals surface area contributed by atoms with E-state index in [0.29, 0.717) is 43.4 Å². The number of unbranched alkanes of at least 4 members (excludes halogenated alkanes) is 1. The molecular weight excluding hydrogens is 909 g/mol. The van der Waals surface area contributed by atoms with Gasteiger partial charge in [0.05, 0.1) is 24.9 Å². The van der Waals surface area contributed by atoms with Crippen LogP contribution in [0.3, 0.4) is 0 Å². The summed E-state index contributed by atoms with van der Waals surface area (Å²) >= 11 is 0. The quantitative estimate of drug-likeness (QED) is 0.0375. The number of H-pyrrole nitrogens is 1. The highest BCUT2D eigenvalue weighted by atomic mass is 16.4. The van der Waals surface area contributed by atoms with Crippen molar-refractivity contribution in [1.29, 1.82) is 0 Å². The van der Waals surface area contributed by atoms with Gasteiger partial charge in [0.2, 0.25) is 41.4 Å². The zero-order valence-corrected chi connectivity index (χ0v) is 40.1. The number of aliphatic carboxylic acids is 1. The Hall–Kier alpha value is -6.46. The van der Waals surface area contributed by atoms with Crippen LogP contribution in [0.15, 0.2) is 60.8 Å². The largest absolute Gasteiger partial charge is 0.480 e. The lowest BCUT2D eigenvalue weighted by molar-refractivity contribution is -0.143. The number of nitrogens with zero attached hydrogens (tertiary/aromatic N) is 1. The van der Waals surface area contributed by atoms with E-state index in [4.69, 9.17) is 11.5 Å². The van der Waals surface area contributed by atoms with Crippen LogP contribution in [0.5, 0.6) is 0 Å². The summed E-state index contributed by atoms with van der Waals surface area (Å²) in [6.45, 7) is 5.62. The first-order chi connectivity index (χ1) is 33.2. The number of nitrogens with two attached hydrogens (primary N) is 2. The highest BCUT2D eigenvalue weighted by molar-refractivity contribution is 5.98. The van der Waals surface area contributed by atoms with Crippen molar-refractivity contribution in [2.75, 3.05) is 19.7 Å². The summed E-state index contributed by atoms with van der Waals surface area (Å²) in [5.41, 5.74) is 13.5. The summed E-state index contributed by atoms with van der Waals surface area (Å²) in [5, 5.41) is 56.9. The van der Waals surface area contributed by atoms with Crippen LogP contribution in [-0.4, -0.2) is 158 Å². The van der Waals surface area contributed by atoms with Crippen molar-refractivity contribution >= 4 is 58.2 Å². The molecule has 2 aromatic carbocycles. The number of benzene rings is 2. The third kappa shape index (κ3) is 16.1. The smallest absolute Gasteiger partial charge is 0.326 e. The molecule has 0 aliphatic carbocycles. The van der Waals surface area contributed by atoms with Gasteiger partial charge < -0.3 is 73.7 Å². The number of aromatic nitrogens is 1. The maximum atomic E-state index is 14.6. The molecule has 15 N–H and O–H groups in total. The van der Waals surface area contributed by atoms with Gasteiger partial charge in [0.1, 0.15) is 42.3 Å². The molecule has 1 saturated heterocycles. The molecule has 70 heavy (non-hydrogen) atoms. The molecule has 22 heteroatoms. The van der Waals surface area contributed by atoms with Gasteiger partial charge in [0.15, 0.2) is 0 Å². The number of aliphatic hydroxyl groups excluding tert-OH is 3. The van der Waals surface area contributed by atoms with Gasteiger partial charge >= 0.3 is 5.97 Å². The topological polar surface area (TPSA) is 361 Å². The zero-order valence-electron chi connectivity index (χ0n) is 40.1. The fourth-order valence-corrected chi connectivity index (χ4v) is 8.20. The Balaban J connectivity index is 1.60. The fourth-order valence-electron chi connectivity index (χ4n) is 8.20. The van der Waals surface area contributed by atoms with E-state index in [-0.39, 0.29) is 38.1 Å². The molecule has 0 radical (unpaired) electrons. The van der Waals surface area contributed by atoms with E-state index in [2.05, 4.69) is 36.9 Å². The number of carbonyl (C=O) groups is 8. The van der Waals surface area contributed by atoms with Gasteiger partial charge in [-0.05, 0) is 75.6 Å². The second kappa shape index (κ2) is 27.1. The van der Waals surface area contributed by atoms with Crippen LogP contribution in [0, 0.1) is 5.92 Å². The number of amides is 7. The standard InChI is InChI=1S/C48H70N10O12/c1-26(2)21-36(48(69)70)54-45(66)39(27(3)60)57-46(67)40(28(4)61)56-43(64)34(22-29-13-6-5-7-14-29)52-42(63)35(23-30-24-51-33-17-9-8-15-31(30)33)53-44(65)38-18-12-20-58(38)47(68)37(25-59)55-41(62)32(50)16-10-11-19-49/h5-9,13-15,17,24,26-28,32,34-40,51,59-61H,10-12,16,18-23,25,49-50H2,1-4H3,(H,52,63)(H,53,65)(H,54,66)(H,55,62)(H,56,64)(H,57,67)(H,69,70)/t27-,28-,32+,34+,35+,36+,37+,38+,39+,40+/m1/s1. The van der Waals surface area contributed by atoms with E-state index in [9.17, 15) is 58.8 Å². The second-order valence-electron chi connectivity index (χ2n) is 18.2. The number of para-hydroxylation sites is 1. The van der Waals surface area contributed by atoms with Crippen LogP contribution in [0.4, 0.5) is 0 Å². The minimum Gasteiger partial charge on any atom is -0.480 e. The predicted molar refractivity (Wildman–Crippen MR) is 257 cm³/mol. The minimum atomic E-state index is -1.77. The number of carbonyl (C=O) groups excluding carboxylic acids is 7. The molecule has 0 bridgehead atoms. The van der Waals surface area contributed by atoms with Gasteiger partial charge in [0.25, 0.3) is 0 Å². The van der Waals surface area contributed by atoms with Gasteiger partial charge in [-0.15, -0.1) is 0 Å². The van der Waals surface area contributed by atoms with Crippen molar-refractivity contribution in [3.63, 3.8) is 0 Å². The highest BCUT2D eigenvalue weighted by Crippen LogP contribution is 2.22. The van der Waals surface area contributed by atoms with Gasteiger partial charge in [-0.2, -0.15) is 0 Å². The SMILES string of the molecule is CC(C)C[C@H](NC(=O)[C@@H](NC(=O)[C@@H](NC(=O)[C@H](Cc1ccccc1)NC(=O)[C@H](Cc1c[nH]c2ccccc12)NC(=O)[C@@H]1CCCN1C(=O)[C@H](CO)NC(=O)[C@@H](N)CCCCN)[C@@H](C)O)[C@@H](C)O)C(=O)O. The number of aromatic amines is 1. The molecular formula is C48H70N10O12. The number of fused-ring (bicyclic) bond motifs is 1. The summed E-state index contributed by atoms with van der Waals surface area (Å²) in [5.74, 6) is -7.51. The van der Waals surface area contributed by atoms with Crippen molar-refractivity contribution in [2.45, 2.75) is 140 Å². The molecule has 384 valence electrons. The summed E-state index contributed by atoms with van der Waals surface area (Å²) in [4.78, 5) is 113. The van der Waals surface area contributed by atoms with Crippen LogP contribution >= 0.6 is 0 Å². The summed E-state index contributed by atoms with van der Waals surface area (Å²) < 4.78 is 0. The molecule has 3 aromatic rings. The van der Waals surface area contributed by atoms with E-state index >= 15 is 0 Å². The number of rotatable bonds is 27.